The zero-order chi connectivity index (χ0) is 16.2. The number of benzene rings is 1. The zero-order valence-corrected chi connectivity index (χ0v) is 12.8. The van der Waals surface area contributed by atoms with Gasteiger partial charge in [0.05, 0.1) is 19.4 Å². The molecule has 2 amide bonds. The van der Waals surface area contributed by atoms with Gasteiger partial charge in [-0.2, -0.15) is 5.10 Å². The molecule has 0 saturated carbocycles. The van der Waals surface area contributed by atoms with Crippen LogP contribution in [0, 0.1) is 0 Å². The molecule has 0 atom stereocenters. The highest BCUT2D eigenvalue weighted by Gasteiger charge is 2.10. The summed E-state index contributed by atoms with van der Waals surface area (Å²) in [5.41, 5.74) is 2.93. The van der Waals surface area contributed by atoms with Gasteiger partial charge in [-0.3, -0.25) is 9.59 Å². The Bertz CT molecular complexity index is 500. The van der Waals surface area contributed by atoms with Crippen molar-refractivity contribution in [1.29, 1.82) is 0 Å². The number of hydrogen-bond acceptors (Lipinski definition) is 5. The molecule has 0 bridgehead atoms. The maximum Gasteiger partial charge on any atom is 0.329 e. The molecule has 7 nitrogen and oxygen atoms in total. The van der Waals surface area contributed by atoms with E-state index in [1.165, 1.54) is 13.3 Å². The van der Waals surface area contributed by atoms with Gasteiger partial charge in [0, 0.05) is 13.7 Å². The van der Waals surface area contributed by atoms with Gasteiger partial charge in [-0.05, 0) is 36.2 Å². The molecule has 0 saturated heterocycles. The minimum atomic E-state index is -0.824. The van der Waals surface area contributed by atoms with Gasteiger partial charge in [0.2, 0.25) is 0 Å². The number of rotatable bonds is 8. The molecular weight excluding hydrogens is 286 g/mol. The standard InChI is InChI=1S/C15H21N3O4/c1-3-9-22-13-6-4-12(5-7-13)11-17-18-15(20)14(19)16-8-10-21-2/h4-7,11H,3,8-10H2,1-2H3,(H,16,19)(H,18,20)/b17-11+. The number of carbonyl (C=O) groups excluding carboxylic acids is 2. The Morgan fingerprint density at radius 1 is 1.18 bits per heavy atom. The fourth-order valence-electron chi connectivity index (χ4n) is 1.43. The molecule has 0 aromatic heterocycles. The molecular formula is C15H21N3O4. The Hall–Kier alpha value is -2.41. The summed E-state index contributed by atoms with van der Waals surface area (Å²) in [7, 11) is 1.51. The molecule has 0 unspecified atom stereocenters. The van der Waals surface area contributed by atoms with E-state index in [1.54, 1.807) is 12.1 Å². The molecule has 7 heteroatoms. The number of nitrogens with zero attached hydrogens (tertiary/aromatic N) is 1. The van der Waals surface area contributed by atoms with Crippen LogP contribution in [0.15, 0.2) is 29.4 Å². The topological polar surface area (TPSA) is 89.0 Å². The fourth-order valence-corrected chi connectivity index (χ4v) is 1.43. The van der Waals surface area contributed by atoms with Crippen LogP contribution in [0.5, 0.6) is 5.75 Å². The lowest BCUT2D eigenvalue weighted by Crippen LogP contribution is -2.39. The summed E-state index contributed by atoms with van der Waals surface area (Å²) in [5.74, 6) is -0.798. The van der Waals surface area contributed by atoms with Crippen LogP contribution in [0.25, 0.3) is 0 Å². The lowest BCUT2D eigenvalue weighted by molar-refractivity contribution is -0.139. The first kappa shape index (κ1) is 17.6. The lowest BCUT2D eigenvalue weighted by atomic mass is 10.2. The van der Waals surface area contributed by atoms with Crippen molar-refractivity contribution < 1.29 is 19.1 Å². The molecule has 0 spiro atoms. The third-order valence-electron chi connectivity index (χ3n) is 2.53. The second kappa shape index (κ2) is 10.3. The largest absolute Gasteiger partial charge is 0.494 e. The van der Waals surface area contributed by atoms with Crippen LogP contribution in [-0.2, 0) is 14.3 Å². The molecule has 1 aromatic rings. The van der Waals surface area contributed by atoms with Gasteiger partial charge in [0.1, 0.15) is 5.75 Å². The highest BCUT2D eigenvalue weighted by molar-refractivity contribution is 6.35. The monoisotopic (exact) mass is 307 g/mol. The molecule has 0 heterocycles. The van der Waals surface area contributed by atoms with Gasteiger partial charge in [-0.25, -0.2) is 5.43 Å². The minimum absolute atomic E-state index is 0.270. The fraction of sp³-hybridized carbons (Fsp3) is 0.400. The van der Waals surface area contributed by atoms with E-state index >= 15 is 0 Å². The Morgan fingerprint density at radius 3 is 2.55 bits per heavy atom. The molecule has 0 aliphatic rings. The summed E-state index contributed by atoms with van der Waals surface area (Å²) in [5, 5.41) is 6.12. The Labute approximate surface area is 129 Å². The number of hydrogen-bond donors (Lipinski definition) is 2. The van der Waals surface area contributed by atoms with Crippen molar-refractivity contribution in [2.24, 2.45) is 5.10 Å². The molecule has 0 aliphatic heterocycles. The first-order valence-electron chi connectivity index (χ1n) is 7.00. The van der Waals surface area contributed by atoms with Crippen molar-refractivity contribution in [3.8, 4) is 5.75 Å². The second-order valence-electron chi connectivity index (χ2n) is 4.37. The molecule has 1 aromatic carbocycles. The smallest absolute Gasteiger partial charge is 0.329 e. The summed E-state index contributed by atoms with van der Waals surface area (Å²) >= 11 is 0. The Morgan fingerprint density at radius 2 is 1.91 bits per heavy atom. The lowest BCUT2D eigenvalue weighted by Gasteiger charge is -2.04. The van der Waals surface area contributed by atoms with Crippen molar-refractivity contribution in [2.75, 3.05) is 26.9 Å². The van der Waals surface area contributed by atoms with E-state index in [-0.39, 0.29) is 6.54 Å². The average molecular weight is 307 g/mol. The van der Waals surface area contributed by atoms with Gasteiger partial charge in [0.25, 0.3) is 0 Å². The van der Waals surface area contributed by atoms with Crippen LogP contribution in [-0.4, -0.2) is 44.9 Å². The summed E-state index contributed by atoms with van der Waals surface area (Å²) in [6.07, 6.45) is 2.39. The average Bonchev–Trinajstić information content (AvgIpc) is 2.54. The Kier molecular flexibility index (Phi) is 8.29. The van der Waals surface area contributed by atoms with E-state index < -0.39 is 11.8 Å². The van der Waals surface area contributed by atoms with E-state index in [9.17, 15) is 9.59 Å². The van der Waals surface area contributed by atoms with Gasteiger partial charge >= 0.3 is 11.8 Å². The van der Waals surface area contributed by atoms with Gasteiger partial charge < -0.3 is 14.8 Å². The predicted molar refractivity (Wildman–Crippen MR) is 82.9 cm³/mol. The summed E-state index contributed by atoms with van der Waals surface area (Å²) in [6.45, 7) is 3.32. The van der Waals surface area contributed by atoms with Crippen LogP contribution in [0.2, 0.25) is 0 Å². The SMILES string of the molecule is CCCOc1ccc(/C=N/NC(=O)C(=O)NCCOC)cc1. The van der Waals surface area contributed by atoms with Crippen molar-refractivity contribution >= 4 is 18.0 Å². The highest BCUT2D eigenvalue weighted by Crippen LogP contribution is 2.11. The number of amides is 2. The normalized spacial score (nSPS) is 10.5. The highest BCUT2D eigenvalue weighted by atomic mass is 16.5. The van der Waals surface area contributed by atoms with Crippen LogP contribution in [0.4, 0.5) is 0 Å². The van der Waals surface area contributed by atoms with Crippen molar-refractivity contribution in [2.45, 2.75) is 13.3 Å². The molecule has 2 N–H and O–H groups in total. The summed E-state index contributed by atoms with van der Waals surface area (Å²) < 4.78 is 10.2. The number of methoxy groups -OCH3 is 1. The number of ether oxygens (including phenoxy) is 2. The molecule has 22 heavy (non-hydrogen) atoms. The number of hydrazone groups is 1. The molecule has 1 rings (SSSR count). The van der Waals surface area contributed by atoms with Gasteiger partial charge in [0.15, 0.2) is 0 Å². The van der Waals surface area contributed by atoms with Crippen LogP contribution < -0.4 is 15.5 Å². The van der Waals surface area contributed by atoms with E-state index in [0.29, 0.717) is 13.2 Å². The molecule has 0 fully saturated rings. The summed E-state index contributed by atoms with van der Waals surface area (Å²) in [6, 6.07) is 7.24. The predicted octanol–water partition coefficient (Wildman–Crippen LogP) is 0.688. The van der Waals surface area contributed by atoms with Crippen LogP contribution in [0.3, 0.4) is 0 Å². The van der Waals surface area contributed by atoms with Gasteiger partial charge in [-0.1, -0.05) is 6.92 Å². The van der Waals surface area contributed by atoms with E-state index in [4.69, 9.17) is 9.47 Å². The number of carbonyl (C=O) groups is 2. The van der Waals surface area contributed by atoms with Crippen LogP contribution in [0.1, 0.15) is 18.9 Å². The zero-order valence-electron chi connectivity index (χ0n) is 12.8. The third kappa shape index (κ3) is 6.85. The molecule has 0 aliphatic carbocycles. The maximum absolute atomic E-state index is 11.4. The summed E-state index contributed by atoms with van der Waals surface area (Å²) in [4.78, 5) is 22.7. The molecule has 120 valence electrons. The quantitative estimate of drug-likeness (QED) is 0.320. The van der Waals surface area contributed by atoms with E-state index in [0.717, 1.165) is 17.7 Å². The van der Waals surface area contributed by atoms with Crippen LogP contribution >= 0.6 is 0 Å². The molecule has 0 radical (unpaired) electrons. The van der Waals surface area contributed by atoms with Crippen molar-refractivity contribution in [3.63, 3.8) is 0 Å². The van der Waals surface area contributed by atoms with Gasteiger partial charge in [-0.15, -0.1) is 0 Å². The number of nitrogens with one attached hydrogen (secondary N) is 2. The van der Waals surface area contributed by atoms with Crippen molar-refractivity contribution in [1.82, 2.24) is 10.7 Å². The first-order valence-corrected chi connectivity index (χ1v) is 7.00. The minimum Gasteiger partial charge on any atom is -0.494 e. The Balaban J connectivity index is 2.38. The van der Waals surface area contributed by atoms with E-state index in [2.05, 4.69) is 15.8 Å². The maximum atomic E-state index is 11.4. The second-order valence-corrected chi connectivity index (χ2v) is 4.37. The van der Waals surface area contributed by atoms with E-state index in [1.807, 2.05) is 19.1 Å². The van der Waals surface area contributed by atoms with Crippen molar-refractivity contribution in [3.05, 3.63) is 29.8 Å². The first-order chi connectivity index (χ1) is 10.7. The third-order valence-corrected chi connectivity index (χ3v) is 2.53.